The molecule has 1 saturated heterocycles. The number of rotatable bonds is 8. The number of nitrogens with one attached hydrogen (secondary N) is 3. The van der Waals surface area contributed by atoms with E-state index in [0.29, 0.717) is 30.1 Å². The second-order valence-corrected chi connectivity index (χ2v) is 10.7. The van der Waals surface area contributed by atoms with E-state index in [1.54, 1.807) is 6.07 Å². The van der Waals surface area contributed by atoms with Gasteiger partial charge in [-0.1, -0.05) is 18.5 Å². The third kappa shape index (κ3) is 8.08. The number of hydrogen-bond donors (Lipinski definition) is 3. The van der Waals surface area contributed by atoms with Crippen molar-refractivity contribution >= 4 is 35.2 Å². The first-order chi connectivity index (χ1) is 15.8. The molecule has 0 saturated carbocycles. The smallest absolute Gasteiger partial charge is 0.407 e. The van der Waals surface area contributed by atoms with Gasteiger partial charge >= 0.3 is 6.09 Å². The first-order valence-corrected chi connectivity index (χ1v) is 12.2. The molecule has 1 aliphatic heterocycles. The van der Waals surface area contributed by atoms with E-state index in [9.17, 15) is 14.4 Å². The number of benzene rings is 1. The van der Waals surface area contributed by atoms with Crippen LogP contribution in [0.25, 0.3) is 0 Å². The van der Waals surface area contributed by atoms with Crippen LogP contribution in [0.5, 0.6) is 0 Å². The second-order valence-electron chi connectivity index (χ2n) is 10.2. The maximum absolute atomic E-state index is 13.0. The molecular weight excluding hydrogens is 456 g/mol. The van der Waals surface area contributed by atoms with Crippen molar-refractivity contribution in [2.45, 2.75) is 66.0 Å². The van der Waals surface area contributed by atoms with Gasteiger partial charge in [-0.05, 0) is 71.1 Å². The van der Waals surface area contributed by atoms with Crippen LogP contribution in [0.15, 0.2) is 12.1 Å². The molecule has 0 radical (unpaired) electrons. The Labute approximate surface area is 208 Å². The molecule has 0 spiro atoms. The van der Waals surface area contributed by atoms with Crippen LogP contribution in [0.1, 0.15) is 63.4 Å². The monoisotopic (exact) mass is 494 g/mol. The zero-order valence-electron chi connectivity index (χ0n) is 21.4. The molecule has 3 unspecified atom stereocenters. The Hall–Kier alpha value is -2.48. The Kier molecular flexibility index (Phi) is 9.62. The number of ether oxygens (including phenoxy) is 1. The minimum Gasteiger partial charge on any atom is -0.444 e. The molecule has 1 aromatic rings. The number of anilines is 1. The molecule has 1 heterocycles. The molecule has 3 N–H and O–H groups in total. The maximum Gasteiger partial charge on any atom is 0.407 e. The van der Waals surface area contributed by atoms with Gasteiger partial charge in [0, 0.05) is 49.0 Å². The van der Waals surface area contributed by atoms with Crippen LogP contribution in [-0.4, -0.2) is 56.2 Å². The average molecular weight is 495 g/mol. The number of alkyl carbamates (subject to hydrolysis) is 1. The summed E-state index contributed by atoms with van der Waals surface area (Å²) < 4.78 is 5.24. The first kappa shape index (κ1) is 27.8. The summed E-state index contributed by atoms with van der Waals surface area (Å²) in [5, 5.41) is 9.09. The third-order valence-corrected chi connectivity index (χ3v) is 6.18. The Morgan fingerprint density at radius 3 is 2.53 bits per heavy atom. The standard InChI is InChI=1S/C25H39ClN4O4/c1-15-11-16(2)29-23(32)20(15)14-28-22(31)19-12-18(26)13-21(17(19)3)30(7)10-8-9-27-24(33)34-25(4,5)6/h12-13,15-16,20H,8-11,14H2,1-7H3,(H,27,33)(H,28,31)(H,29,32). The Morgan fingerprint density at radius 2 is 1.91 bits per heavy atom. The largest absolute Gasteiger partial charge is 0.444 e. The van der Waals surface area contributed by atoms with Crippen LogP contribution in [0.2, 0.25) is 5.02 Å². The molecule has 1 aromatic carbocycles. The van der Waals surface area contributed by atoms with Crippen molar-refractivity contribution in [3.05, 3.63) is 28.3 Å². The van der Waals surface area contributed by atoms with E-state index in [1.807, 2.05) is 59.6 Å². The van der Waals surface area contributed by atoms with Crippen molar-refractivity contribution < 1.29 is 19.1 Å². The van der Waals surface area contributed by atoms with Crippen LogP contribution in [0, 0.1) is 18.8 Å². The zero-order chi connectivity index (χ0) is 25.6. The second kappa shape index (κ2) is 11.8. The lowest BCUT2D eigenvalue weighted by molar-refractivity contribution is -0.129. The number of piperidine rings is 1. The van der Waals surface area contributed by atoms with Crippen molar-refractivity contribution in [3.8, 4) is 0 Å². The Balaban J connectivity index is 1.97. The van der Waals surface area contributed by atoms with E-state index >= 15 is 0 Å². The number of hydrogen-bond acceptors (Lipinski definition) is 5. The normalized spacial score (nSPS) is 20.4. The van der Waals surface area contributed by atoms with Crippen molar-refractivity contribution in [3.63, 3.8) is 0 Å². The number of nitrogens with zero attached hydrogens (tertiary/aromatic N) is 1. The summed E-state index contributed by atoms with van der Waals surface area (Å²) in [6.45, 7) is 12.8. The van der Waals surface area contributed by atoms with Crippen LogP contribution >= 0.6 is 11.6 Å². The highest BCUT2D eigenvalue weighted by Gasteiger charge is 2.32. The molecular formula is C25H39ClN4O4. The number of carbonyl (C=O) groups excluding carboxylic acids is 3. The highest BCUT2D eigenvalue weighted by atomic mass is 35.5. The molecule has 1 fully saturated rings. The van der Waals surface area contributed by atoms with Crippen LogP contribution in [-0.2, 0) is 9.53 Å². The van der Waals surface area contributed by atoms with Gasteiger partial charge in [0.1, 0.15) is 5.60 Å². The topological polar surface area (TPSA) is 99.8 Å². The van der Waals surface area contributed by atoms with Gasteiger partial charge in [0.15, 0.2) is 0 Å². The maximum atomic E-state index is 13.0. The Bertz CT molecular complexity index is 900. The van der Waals surface area contributed by atoms with Crippen LogP contribution < -0.4 is 20.9 Å². The van der Waals surface area contributed by atoms with E-state index in [-0.39, 0.29) is 36.2 Å². The fourth-order valence-corrected chi connectivity index (χ4v) is 4.43. The van der Waals surface area contributed by atoms with E-state index < -0.39 is 11.7 Å². The number of halogens is 1. The van der Waals surface area contributed by atoms with Gasteiger partial charge in [-0.25, -0.2) is 4.79 Å². The quantitative estimate of drug-likeness (QED) is 0.476. The summed E-state index contributed by atoms with van der Waals surface area (Å²) in [5.41, 5.74) is 1.60. The fourth-order valence-electron chi connectivity index (χ4n) is 4.22. The summed E-state index contributed by atoms with van der Waals surface area (Å²) in [4.78, 5) is 39.1. The molecule has 3 amide bonds. The fraction of sp³-hybridized carbons (Fsp3) is 0.640. The van der Waals surface area contributed by atoms with Gasteiger partial charge in [0.2, 0.25) is 5.91 Å². The van der Waals surface area contributed by atoms with Gasteiger partial charge in [0.25, 0.3) is 5.91 Å². The van der Waals surface area contributed by atoms with Crippen molar-refractivity contribution in [1.29, 1.82) is 0 Å². The van der Waals surface area contributed by atoms with Crippen LogP contribution in [0.3, 0.4) is 0 Å². The first-order valence-electron chi connectivity index (χ1n) is 11.8. The minimum absolute atomic E-state index is 0.0187. The average Bonchev–Trinajstić information content (AvgIpc) is 2.70. The van der Waals surface area contributed by atoms with Gasteiger partial charge in [-0.2, -0.15) is 0 Å². The minimum atomic E-state index is -0.535. The van der Waals surface area contributed by atoms with Gasteiger partial charge < -0.3 is 25.6 Å². The van der Waals surface area contributed by atoms with Gasteiger partial charge in [-0.15, -0.1) is 0 Å². The van der Waals surface area contributed by atoms with Gasteiger partial charge in [0.05, 0.1) is 5.92 Å². The third-order valence-electron chi connectivity index (χ3n) is 5.96. The van der Waals surface area contributed by atoms with E-state index in [4.69, 9.17) is 16.3 Å². The molecule has 0 aromatic heterocycles. The van der Waals surface area contributed by atoms with E-state index in [0.717, 1.165) is 17.7 Å². The summed E-state index contributed by atoms with van der Waals surface area (Å²) in [6, 6.07) is 3.63. The molecule has 0 bridgehead atoms. The van der Waals surface area contributed by atoms with E-state index in [2.05, 4.69) is 16.0 Å². The molecule has 3 atom stereocenters. The van der Waals surface area contributed by atoms with E-state index in [1.165, 1.54) is 0 Å². The molecule has 0 aliphatic carbocycles. The van der Waals surface area contributed by atoms with Crippen LogP contribution in [0.4, 0.5) is 10.5 Å². The summed E-state index contributed by atoms with van der Waals surface area (Å²) >= 11 is 6.34. The molecule has 1 aliphatic rings. The lowest BCUT2D eigenvalue weighted by Gasteiger charge is -2.32. The summed E-state index contributed by atoms with van der Waals surface area (Å²) in [6.07, 6.45) is 1.14. The zero-order valence-corrected chi connectivity index (χ0v) is 22.1. The van der Waals surface area contributed by atoms with Crippen molar-refractivity contribution in [2.24, 2.45) is 11.8 Å². The van der Waals surface area contributed by atoms with Crippen molar-refractivity contribution in [2.75, 3.05) is 31.6 Å². The lowest BCUT2D eigenvalue weighted by Crippen LogP contribution is -2.50. The summed E-state index contributed by atoms with van der Waals surface area (Å²) in [5.74, 6) is -0.325. The lowest BCUT2D eigenvalue weighted by atomic mass is 9.84. The highest BCUT2D eigenvalue weighted by Crippen LogP contribution is 2.28. The van der Waals surface area contributed by atoms with Gasteiger partial charge in [-0.3, -0.25) is 9.59 Å². The molecule has 2 rings (SSSR count). The number of carbonyl (C=O) groups is 3. The number of amides is 3. The predicted octanol–water partition coefficient (Wildman–Crippen LogP) is 3.89. The molecule has 9 heteroatoms. The molecule has 34 heavy (non-hydrogen) atoms. The van der Waals surface area contributed by atoms with Crippen molar-refractivity contribution in [1.82, 2.24) is 16.0 Å². The Morgan fingerprint density at radius 1 is 1.24 bits per heavy atom. The molecule has 8 nitrogen and oxygen atoms in total. The predicted molar refractivity (Wildman–Crippen MR) is 136 cm³/mol. The SMILES string of the molecule is Cc1c(C(=O)NCC2C(=O)NC(C)CC2C)cc(Cl)cc1N(C)CCCNC(=O)OC(C)(C)C. The molecule has 190 valence electrons. The highest BCUT2D eigenvalue weighted by molar-refractivity contribution is 6.31. The summed E-state index contributed by atoms with van der Waals surface area (Å²) in [7, 11) is 1.92.